The first kappa shape index (κ1) is 16.2. The second kappa shape index (κ2) is 6.74. The summed E-state index contributed by atoms with van der Waals surface area (Å²) in [4.78, 5) is 0.901. The van der Waals surface area contributed by atoms with Crippen LogP contribution in [0.25, 0.3) is 0 Å². The van der Waals surface area contributed by atoms with Gasteiger partial charge in [0.15, 0.2) is 0 Å². The Morgan fingerprint density at radius 2 is 2.24 bits per heavy atom. The second-order valence-electron chi connectivity index (χ2n) is 5.02. The van der Waals surface area contributed by atoms with E-state index in [1.165, 1.54) is 11.3 Å². The number of nitrogens with one attached hydrogen (secondary N) is 1. The monoisotopic (exact) mass is 328 g/mol. The molecule has 2 aromatic rings. The Hall–Kier alpha value is -1.15. The summed E-state index contributed by atoms with van der Waals surface area (Å²) in [6.45, 7) is 4.09. The molecule has 2 heterocycles. The van der Waals surface area contributed by atoms with Crippen LogP contribution in [0.3, 0.4) is 0 Å². The highest BCUT2D eigenvalue weighted by Gasteiger charge is 2.20. The van der Waals surface area contributed by atoms with Gasteiger partial charge in [0.2, 0.25) is 10.0 Å². The lowest BCUT2D eigenvalue weighted by Crippen LogP contribution is -2.32. The molecular formula is C14H20N2O3S2. The van der Waals surface area contributed by atoms with Gasteiger partial charge in [-0.1, -0.05) is 0 Å². The van der Waals surface area contributed by atoms with E-state index >= 15 is 0 Å². The van der Waals surface area contributed by atoms with Gasteiger partial charge in [-0.25, -0.2) is 13.1 Å². The second-order valence-corrected chi connectivity index (χ2v) is 8.09. The molecule has 3 N–H and O–H groups in total. The number of furan rings is 1. The van der Waals surface area contributed by atoms with Crippen LogP contribution in [0.1, 0.15) is 29.5 Å². The number of rotatable bonds is 7. The van der Waals surface area contributed by atoms with E-state index in [9.17, 15) is 8.42 Å². The minimum absolute atomic E-state index is 0.163. The van der Waals surface area contributed by atoms with E-state index in [4.69, 9.17) is 10.2 Å². The van der Waals surface area contributed by atoms with E-state index in [0.717, 1.165) is 16.2 Å². The van der Waals surface area contributed by atoms with E-state index in [1.807, 2.05) is 26.0 Å². The summed E-state index contributed by atoms with van der Waals surface area (Å²) in [5.74, 6) is 0.860. The molecule has 21 heavy (non-hydrogen) atoms. The molecule has 0 bridgehead atoms. The molecular weight excluding hydrogens is 308 g/mol. The predicted octanol–water partition coefficient (Wildman–Crippen LogP) is 2.41. The van der Waals surface area contributed by atoms with Crippen molar-refractivity contribution in [2.75, 3.05) is 0 Å². The first-order valence-electron chi connectivity index (χ1n) is 6.76. The standard InChI is InChI=1S/C14H20N2O3S2/c1-10-8-14(20-13(10)9-15)21(17,18)16-11(2)5-6-12-4-3-7-19-12/h3-4,7-8,11,16H,5-6,9,15H2,1-2H3. The number of thiophene rings is 1. The van der Waals surface area contributed by atoms with Crippen molar-refractivity contribution in [2.45, 2.75) is 43.5 Å². The number of sulfonamides is 1. The third-order valence-corrected chi connectivity index (χ3v) is 6.53. The van der Waals surface area contributed by atoms with Crippen molar-refractivity contribution < 1.29 is 12.8 Å². The molecule has 0 aromatic carbocycles. The molecule has 5 nitrogen and oxygen atoms in total. The third kappa shape index (κ3) is 4.16. The van der Waals surface area contributed by atoms with Crippen LogP contribution in [0.15, 0.2) is 33.1 Å². The average Bonchev–Trinajstić information content (AvgIpc) is 3.05. The Morgan fingerprint density at radius 3 is 2.81 bits per heavy atom. The summed E-state index contributed by atoms with van der Waals surface area (Å²) in [6, 6.07) is 5.22. The van der Waals surface area contributed by atoms with E-state index in [0.29, 0.717) is 23.6 Å². The Balaban J connectivity index is 1.99. The van der Waals surface area contributed by atoms with Crippen molar-refractivity contribution in [3.05, 3.63) is 40.7 Å². The molecule has 0 aliphatic rings. The fourth-order valence-corrected chi connectivity index (χ4v) is 4.78. The SMILES string of the molecule is Cc1cc(S(=O)(=O)NC(C)CCc2ccco2)sc1CN. The topological polar surface area (TPSA) is 85.3 Å². The summed E-state index contributed by atoms with van der Waals surface area (Å²) >= 11 is 1.23. The Kier molecular flexibility index (Phi) is 5.21. The van der Waals surface area contributed by atoms with Crippen molar-refractivity contribution in [3.8, 4) is 0 Å². The maximum atomic E-state index is 12.3. The van der Waals surface area contributed by atoms with Crippen LogP contribution in [0, 0.1) is 6.92 Å². The zero-order valence-electron chi connectivity index (χ0n) is 12.1. The van der Waals surface area contributed by atoms with Crippen LogP contribution in [0.5, 0.6) is 0 Å². The molecule has 0 aliphatic carbocycles. The summed E-state index contributed by atoms with van der Waals surface area (Å²) in [6.07, 6.45) is 3.00. The van der Waals surface area contributed by atoms with Gasteiger partial charge in [0.25, 0.3) is 0 Å². The maximum Gasteiger partial charge on any atom is 0.250 e. The first-order chi connectivity index (χ1) is 9.92. The molecule has 2 aromatic heterocycles. The Morgan fingerprint density at radius 1 is 1.48 bits per heavy atom. The van der Waals surface area contributed by atoms with Crippen molar-refractivity contribution >= 4 is 21.4 Å². The van der Waals surface area contributed by atoms with Gasteiger partial charge in [0, 0.05) is 23.9 Å². The summed E-state index contributed by atoms with van der Waals surface area (Å²) in [7, 11) is -3.48. The van der Waals surface area contributed by atoms with E-state index < -0.39 is 10.0 Å². The maximum absolute atomic E-state index is 12.3. The number of hydrogen-bond acceptors (Lipinski definition) is 5. The molecule has 116 valence electrons. The van der Waals surface area contributed by atoms with E-state index in [-0.39, 0.29) is 6.04 Å². The molecule has 0 fully saturated rings. The first-order valence-corrected chi connectivity index (χ1v) is 9.06. The Labute approximate surface area is 129 Å². The molecule has 0 saturated carbocycles. The van der Waals surface area contributed by atoms with Gasteiger partial charge in [0.05, 0.1) is 6.26 Å². The number of hydrogen-bond donors (Lipinski definition) is 2. The van der Waals surface area contributed by atoms with Gasteiger partial charge in [-0.05, 0) is 44.0 Å². The van der Waals surface area contributed by atoms with E-state index in [2.05, 4.69) is 4.72 Å². The van der Waals surface area contributed by atoms with Crippen LogP contribution in [0.2, 0.25) is 0 Å². The smallest absolute Gasteiger partial charge is 0.250 e. The lowest BCUT2D eigenvalue weighted by Gasteiger charge is -2.12. The van der Waals surface area contributed by atoms with Gasteiger partial charge in [-0.2, -0.15) is 0 Å². The zero-order valence-corrected chi connectivity index (χ0v) is 13.8. The van der Waals surface area contributed by atoms with Gasteiger partial charge < -0.3 is 10.2 Å². The minimum Gasteiger partial charge on any atom is -0.469 e. The largest absolute Gasteiger partial charge is 0.469 e. The summed E-state index contributed by atoms with van der Waals surface area (Å²) < 4.78 is 32.9. The summed E-state index contributed by atoms with van der Waals surface area (Å²) in [5, 5.41) is 0. The van der Waals surface area contributed by atoms with Crippen LogP contribution in [0.4, 0.5) is 0 Å². The highest BCUT2D eigenvalue weighted by molar-refractivity contribution is 7.91. The van der Waals surface area contributed by atoms with Gasteiger partial charge in [0.1, 0.15) is 9.97 Å². The fraction of sp³-hybridized carbons (Fsp3) is 0.429. The molecule has 0 aliphatic heterocycles. The highest BCUT2D eigenvalue weighted by atomic mass is 32.2. The molecule has 0 amide bonds. The lowest BCUT2D eigenvalue weighted by atomic mass is 10.2. The zero-order chi connectivity index (χ0) is 15.5. The molecule has 7 heteroatoms. The van der Waals surface area contributed by atoms with Crippen LogP contribution >= 0.6 is 11.3 Å². The molecule has 0 saturated heterocycles. The van der Waals surface area contributed by atoms with Gasteiger partial charge in [-0.3, -0.25) is 0 Å². The van der Waals surface area contributed by atoms with Crippen molar-refractivity contribution in [3.63, 3.8) is 0 Å². The van der Waals surface area contributed by atoms with Crippen molar-refractivity contribution in [1.82, 2.24) is 4.72 Å². The highest BCUT2D eigenvalue weighted by Crippen LogP contribution is 2.25. The van der Waals surface area contributed by atoms with Crippen LogP contribution < -0.4 is 10.5 Å². The van der Waals surface area contributed by atoms with Gasteiger partial charge >= 0.3 is 0 Å². The average molecular weight is 328 g/mol. The fourth-order valence-electron chi connectivity index (χ4n) is 2.02. The normalized spacial score (nSPS) is 13.5. The molecule has 0 radical (unpaired) electrons. The quantitative estimate of drug-likeness (QED) is 0.817. The predicted molar refractivity (Wildman–Crippen MR) is 83.8 cm³/mol. The lowest BCUT2D eigenvalue weighted by molar-refractivity contribution is 0.480. The van der Waals surface area contributed by atoms with Crippen LogP contribution in [-0.4, -0.2) is 14.5 Å². The van der Waals surface area contributed by atoms with Gasteiger partial charge in [-0.15, -0.1) is 11.3 Å². The number of aryl methyl sites for hydroxylation is 2. The van der Waals surface area contributed by atoms with Crippen molar-refractivity contribution in [1.29, 1.82) is 0 Å². The molecule has 1 atom stereocenters. The number of nitrogens with two attached hydrogens (primary N) is 1. The molecule has 0 spiro atoms. The Bertz CT molecular complexity index is 675. The molecule has 2 rings (SSSR count). The van der Waals surface area contributed by atoms with Crippen LogP contribution in [-0.2, 0) is 23.0 Å². The summed E-state index contributed by atoms with van der Waals surface area (Å²) in [5.41, 5.74) is 6.52. The minimum atomic E-state index is -3.48. The van der Waals surface area contributed by atoms with Crippen molar-refractivity contribution in [2.24, 2.45) is 5.73 Å². The third-order valence-electron chi connectivity index (χ3n) is 3.21. The van der Waals surface area contributed by atoms with E-state index in [1.54, 1.807) is 12.3 Å². The molecule has 1 unspecified atom stereocenters.